The van der Waals surface area contributed by atoms with Crippen LogP contribution in [0, 0.1) is 0 Å². The van der Waals surface area contributed by atoms with Crippen molar-refractivity contribution in [1.29, 1.82) is 0 Å². The van der Waals surface area contributed by atoms with Crippen LogP contribution in [0.3, 0.4) is 0 Å². The minimum absolute atomic E-state index is 0.284. The first-order valence-electron chi connectivity index (χ1n) is 3.03. The molecule has 0 aliphatic heterocycles. The Balaban J connectivity index is 4.31. The molecule has 0 saturated heterocycles. The lowest BCUT2D eigenvalue weighted by Gasteiger charge is -2.12. The molecule has 0 heterocycles. The fraction of sp³-hybridized carbons (Fsp3) is 0.750. The molecule has 0 rings (SSSR count). The van der Waals surface area contributed by atoms with E-state index in [2.05, 4.69) is 21.1 Å². The molecule has 0 bridgehead atoms. The molecule has 2 atom stereocenters. The number of nitrogens with two attached hydrogens (primary N) is 3. The molecule has 0 aromatic rings. The van der Waals surface area contributed by atoms with Gasteiger partial charge in [-0.05, 0) is 6.92 Å². The normalized spacial score (nSPS) is 15.9. The standard InChI is InChI=1S/C4H11N5O2S/c1-2(12-7)3(8-9-5)4(10)11-6/h2-3H,6-7H2,1H3,(H2,5,8). The maximum atomic E-state index is 10.9. The Labute approximate surface area is 73.8 Å². The molecular formula is C4H11N5O2S. The van der Waals surface area contributed by atoms with E-state index in [1.165, 1.54) is 0 Å². The van der Waals surface area contributed by atoms with E-state index in [4.69, 9.17) is 11.0 Å². The van der Waals surface area contributed by atoms with Crippen molar-refractivity contribution in [1.82, 2.24) is 0 Å². The highest BCUT2D eigenvalue weighted by Crippen LogP contribution is 2.11. The van der Waals surface area contributed by atoms with Crippen LogP contribution in [0.1, 0.15) is 6.92 Å². The first-order valence-corrected chi connectivity index (χ1v) is 3.97. The number of rotatable bonds is 4. The quantitative estimate of drug-likeness (QED) is 0.229. The molecule has 0 amide bonds. The Kier molecular flexibility index (Phi) is 5.34. The molecule has 8 heteroatoms. The van der Waals surface area contributed by atoms with E-state index in [0.717, 1.165) is 11.9 Å². The zero-order valence-corrected chi connectivity index (χ0v) is 7.32. The predicted molar refractivity (Wildman–Crippen MR) is 44.4 cm³/mol. The van der Waals surface area contributed by atoms with Gasteiger partial charge in [-0.15, -0.1) is 0 Å². The summed E-state index contributed by atoms with van der Waals surface area (Å²) in [5.41, 5.74) is 0. The second-order valence-corrected chi connectivity index (χ2v) is 2.97. The number of hydrogen-bond acceptors (Lipinski definition) is 7. The van der Waals surface area contributed by atoms with Crippen molar-refractivity contribution >= 4 is 17.9 Å². The molecule has 6 N–H and O–H groups in total. The van der Waals surface area contributed by atoms with Crippen molar-refractivity contribution in [2.24, 2.45) is 27.2 Å². The van der Waals surface area contributed by atoms with Gasteiger partial charge in [-0.3, -0.25) is 5.14 Å². The van der Waals surface area contributed by atoms with Crippen molar-refractivity contribution in [3.8, 4) is 0 Å². The first-order chi connectivity index (χ1) is 5.67. The fourth-order valence-electron chi connectivity index (χ4n) is 0.549. The first kappa shape index (κ1) is 11.1. The average molecular weight is 193 g/mol. The Morgan fingerprint density at radius 3 is 2.58 bits per heavy atom. The van der Waals surface area contributed by atoms with Gasteiger partial charge in [0.25, 0.3) is 0 Å². The lowest BCUT2D eigenvalue weighted by atomic mass is 10.2. The molecule has 70 valence electrons. The highest BCUT2D eigenvalue weighted by molar-refractivity contribution is 7.97. The summed E-state index contributed by atoms with van der Waals surface area (Å²) in [5, 5.41) is 11.3. The Bertz CT molecular complexity index is 175. The van der Waals surface area contributed by atoms with Crippen molar-refractivity contribution in [3.05, 3.63) is 0 Å². The van der Waals surface area contributed by atoms with Gasteiger partial charge in [-0.2, -0.15) is 11.0 Å². The lowest BCUT2D eigenvalue weighted by molar-refractivity contribution is -0.145. The van der Waals surface area contributed by atoms with Gasteiger partial charge in [0.15, 0.2) is 6.04 Å². The summed E-state index contributed by atoms with van der Waals surface area (Å²) in [6.07, 6.45) is 0. The second kappa shape index (κ2) is 5.75. The minimum atomic E-state index is -0.852. The molecule has 0 saturated carbocycles. The van der Waals surface area contributed by atoms with Crippen molar-refractivity contribution in [2.75, 3.05) is 0 Å². The van der Waals surface area contributed by atoms with E-state index >= 15 is 0 Å². The molecule has 0 aliphatic rings. The van der Waals surface area contributed by atoms with Crippen LogP contribution in [0.25, 0.3) is 0 Å². The number of carbonyl (C=O) groups excluding carboxylic acids is 1. The summed E-state index contributed by atoms with van der Waals surface area (Å²) in [6, 6.07) is -0.852. The van der Waals surface area contributed by atoms with Crippen LogP contribution in [0.5, 0.6) is 0 Å². The third kappa shape index (κ3) is 3.03. The van der Waals surface area contributed by atoms with E-state index in [1.54, 1.807) is 6.92 Å². The SMILES string of the molecule is CC(SN)C(N=NN)C(=O)ON. The van der Waals surface area contributed by atoms with E-state index in [0.29, 0.717) is 0 Å². The zero-order valence-electron chi connectivity index (χ0n) is 6.51. The fourth-order valence-corrected chi connectivity index (χ4v) is 0.863. The van der Waals surface area contributed by atoms with Gasteiger partial charge in [0, 0.05) is 0 Å². The summed E-state index contributed by atoms with van der Waals surface area (Å²) in [6.45, 7) is 1.68. The molecule has 12 heavy (non-hydrogen) atoms. The second-order valence-electron chi connectivity index (χ2n) is 1.95. The summed E-state index contributed by atoms with van der Waals surface area (Å²) in [5.74, 6) is 8.71. The van der Waals surface area contributed by atoms with Crippen LogP contribution in [-0.2, 0) is 9.63 Å². The molecular weight excluding hydrogens is 182 g/mol. The highest BCUT2D eigenvalue weighted by Gasteiger charge is 2.26. The van der Waals surface area contributed by atoms with Crippen LogP contribution in [0.2, 0.25) is 0 Å². The third-order valence-electron chi connectivity index (χ3n) is 1.21. The van der Waals surface area contributed by atoms with E-state index in [9.17, 15) is 4.79 Å². The molecule has 0 spiro atoms. The zero-order chi connectivity index (χ0) is 9.56. The maximum absolute atomic E-state index is 10.9. The Hall–Kier alpha value is -0.860. The number of carbonyl (C=O) groups is 1. The largest absolute Gasteiger partial charge is 0.372 e. The summed E-state index contributed by atoms with van der Waals surface area (Å²) >= 11 is 0.951. The number of hydrogen-bond donors (Lipinski definition) is 3. The van der Waals surface area contributed by atoms with Gasteiger partial charge in [-0.1, -0.05) is 17.2 Å². The van der Waals surface area contributed by atoms with E-state index in [-0.39, 0.29) is 5.25 Å². The van der Waals surface area contributed by atoms with Gasteiger partial charge in [0.2, 0.25) is 0 Å². The van der Waals surface area contributed by atoms with Crippen molar-refractivity contribution in [2.45, 2.75) is 18.2 Å². The Morgan fingerprint density at radius 2 is 2.25 bits per heavy atom. The van der Waals surface area contributed by atoms with Crippen LogP contribution < -0.4 is 16.9 Å². The Morgan fingerprint density at radius 1 is 1.67 bits per heavy atom. The van der Waals surface area contributed by atoms with E-state index in [1.807, 2.05) is 0 Å². The van der Waals surface area contributed by atoms with Crippen LogP contribution >= 0.6 is 11.9 Å². The van der Waals surface area contributed by atoms with Crippen molar-refractivity contribution in [3.63, 3.8) is 0 Å². The topological polar surface area (TPSA) is 129 Å². The van der Waals surface area contributed by atoms with Crippen LogP contribution in [0.15, 0.2) is 10.3 Å². The summed E-state index contributed by atoms with van der Waals surface area (Å²) in [4.78, 5) is 14.8. The molecule has 2 unspecified atom stereocenters. The molecule has 0 aromatic heterocycles. The third-order valence-corrected chi connectivity index (χ3v) is 1.90. The molecule has 0 fully saturated rings. The molecule has 0 radical (unpaired) electrons. The number of nitrogens with zero attached hydrogens (tertiary/aromatic N) is 2. The van der Waals surface area contributed by atoms with Gasteiger partial charge >= 0.3 is 5.97 Å². The smallest absolute Gasteiger partial charge is 0.352 e. The van der Waals surface area contributed by atoms with Gasteiger partial charge in [-0.25, -0.2) is 4.79 Å². The molecule has 7 nitrogen and oxygen atoms in total. The van der Waals surface area contributed by atoms with Crippen molar-refractivity contribution < 1.29 is 9.63 Å². The summed E-state index contributed by atoms with van der Waals surface area (Å²) in [7, 11) is 0. The van der Waals surface area contributed by atoms with Crippen LogP contribution in [-0.4, -0.2) is 17.3 Å². The monoisotopic (exact) mass is 193 g/mol. The predicted octanol–water partition coefficient (Wildman–Crippen LogP) is -0.907. The summed E-state index contributed by atoms with van der Waals surface area (Å²) < 4.78 is 0. The average Bonchev–Trinajstić information content (AvgIpc) is 2.11. The highest BCUT2D eigenvalue weighted by atomic mass is 32.2. The molecule has 0 aromatic carbocycles. The lowest BCUT2D eigenvalue weighted by Crippen LogP contribution is -2.32. The minimum Gasteiger partial charge on any atom is -0.372 e. The maximum Gasteiger partial charge on any atom is 0.352 e. The van der Waals surface area contributed by atoms with Crippen LogP contribution in [0.4, 0.5) is 0 Å². The molecule has 0 aliphatic carbocycles. The van der Waals surface area contributed by atoms with E-state index < -0.39 is 12.0 Å². The van der Waals surface area contributed by atoms with Gasteiger partial charge in [0.05, 0.1) is 5.25 Å². The van der Waals surface area contributed by atoms with Gasteiger partial charge in [0.1, 0.15) is 0 Å². The van der Waals surface area contributed by atoms with Gasteiger partial charge < -0.3 is 10.7 Å².